The van der Waals surface area contributed by atoms with Gasteiger partial charge in [-0.2, -0.15) is 0 Å². The van der Waals surface area contributed by atoms with Crippen molar-refractivity contribution < 1.29 is 4.79 Å². The lowest BCUT2D eigenvalue weighted by molar-refractivity contribution is -0.132. The number of nitrogens with zero attached hydrogens (tertiary/aromatic N) is 4. The summed E-state index contributed by atoms with van der Waals surface area (Å²) in [5.41, 5.74) is 3.22. The normalized spacial score (nSPS) is 20.4. The van der Waals surface area contributed by atoms with E-state index >= 15 is 0 Å². The minimum atomic E-state index is 0.213. The van der Waals surface area contributed by atoms with E-state index in [9.17, 15) is 4.79 Å². The summed E-state index contributed by atoms with van der Waals surface area (Å²) >= 11 is 0. The van der Waals surface area contributed by atoms with Crippen LogP contribution in [0.4, 0.5) is 5.82 Å². The monoisotopic (exact) mass is 352 g/mol. The first-order valence-electron chi connectivity index (χ1n) is 9.22. The SMILES string of the molecule is CN1CC(Nc2nc(-c3cccnc3)nc3c2CCNCC3)CCC1=O. The van der Waals surface area contributed by atoms with Gasteiger partial charge >= 0.3 is 0 Å². The summed E-state index contributed by atoms with van der Waals surface area (Å²) in [7, 11) is 1.86. The van der Waals surface area contributed by atoms with E-state index in [1.165, 1.54) is 5.56 Å². The van der Waals surface area contributed by atoms with Crippen molar-refractivity contribution in [1.82, 2.24) is 25.2 Å². The van der Waals surface area contributed by atoms with Crippen LogP contribution in [-0.2, 0) is 17.6 Å². The van der Waals surface area contributed by atoms with E-state index in [1.54, 1.807) is 17.3 Å². The van der Waals surface area contributed by atoms with E-state index in [-0.39, 0.29) is 11.9 Å². The van der Waals surface area contributed by atoms with E-state index in [0.29, 0.717) is 18.8 Å². The molecular formula is C19H24N6O. The number of amides is 1. The van der Waals surface area contributed by atoms with Crippen LogP contribution >= 0.6 is 0 Å². The Morgan fingerprint density at radius 3 is 2.92 bits per heavy atom. The van der Waals surface area contributed by atoms with Crippen molar-refractivity contribution in [2.75, 3.05) is 32.0 Å². The number of fused-ring (bicyclic) bond motifs is 1. The van der Waals surface area contributed by atoms with Crippen molar-refractivity contribution in [2.45, 2.75) is 31.7 Å². The third-order valence-corrected chi connectivity index (χ3v) is 5.07. The number of carbonyl (C=O) groups is 1. The zero-order valence-electron chi connectivity index (χ0n) is 15.0. The number of hydrogen-bond donors (Lipinski definition) is 2. The zero-order valence-corrected chi connectivity index (χ0v) is 15.0. The van der Waals surface area contributed by atoms with Gasteiger partial charge in [-0.25, -0.2) is 9.97 Å². The van der Waals surface area contributed by atoms with Crippen LogP contribution in [0.5, 0.6) is 0 Å². The fraction of sp³-hybridized carbons (Fsp3) is 0.474. The summed E-state index contributed by atoms with van der Waals surface area (Å²) in [6.45, 7) is 2.56. The number of hydrogen-bond acceptors (Lipinski definition) is 6. The number of rotatable bonds is 3. The predicted molar refractivity (Wildman–Crippen MR) is 99.8 cm³/mol. The lowest BCUT2D eigenvalue weighted by Crippen LogP contribution is -2.43. The maximum absolute atomic E-state index is 11.8. The molecule has 1 unspecified atom stereocenters. The van der Waals surface area contributed by atoms with Crippen LogP contribution in [0.2, 0.25) is 0 Å². The minimum Gasteiger partial charge on any atom is -0.365 e. The number of pyridine rings is 1. The molecule has 1 fully saturated rings. The van der Waals surface area contributed by atoms with E-state index in [0.717, 1.165) is 49.4 Å². The third-order valence-electron chi connectivity index (χ3n) is 5.07. The number of anilines is 1. The maximum Gasteiger partial charge on any atom is 0.222 e. The van der Waals surface area contributed by atoms with Crippen LogP contribution in [0.3, 0.4) is 0 Å². The minimum absolute atomic E-state index is 0.213. The number of carbonyl (C=O) groups excluding carboxylic acids is 1. The molecule has 26 heavy (non-hydrogen) atoms. The predicted octanol–water partition coefficient (Wildman–Crippen LogP) is 1.26. The molecule has 7 heteroatoms. The topological polar surface area (TPSA) is 83.0 Å². The maximum atomic E-state index is 11.8. The first kappa shape index (κ1) is 16.9. The van der Waals surface area contributed by atoms with Crippen molar-refractivity contribution in [3.63, 3.8) is 0 Å². The molecule has 1 amide bonds. The van der Waals surface area contributed by atoms with Crippen molar-refractivity contribution in [1.29, 1.82) is 0 Å². The van der Waals surface area contributed by atoms with Gasteiger partial charge in [0.15, 0.2) is 5.82 Å². The second-order valence-corrected chi connectivity index (χ2v) is 6.97. The highest BCUT2D eigenvalue weighted by Crippen LogP contribution is 2.26. The summed E-state index contributed by atoms with van der Waals surface area (Å²) < 4.78 is 0. The molecule has 2 aliphatic heterocycles. The number of likely N-dealkylation sites (N-methyl/N-ethyl adjacent to an activating group) is 1. The Hall–Kier alpha value is -2.54. The molecule has 1 saturated heterocycles. The third kappa shape index (κ3) is 3.53. The lowest BCUT2D eigenvalue weighted by atomic mass is 10.0. The van der Waals surface area contributed by atoms with Crippen molar-refractivity contribution in [3.05, 3.63) is 35.8 Å². The van der Waals surface area contributed by atoms with Gasteiger partial charge in [0.25, 0.3) is 0 Å². The molecule has 1 atom stereocenters. The average molecular weight is 352 g/mol. The molecule has 136 valence electrons. The second-order valence-electron chi connectivity index (χ2n) is 6.97. The lowest BCUT2D eigenvalue weighted by Gasteiger charge is -2.31. The zero-order chi connectivity index (χ0) is 17.9. The molecule has 0 radical (unpaired) electrons. The molecule has 0 spiro atoms. The highest BCUT2D eigenvalue weighted by atomic mass is 16.2. The van der Waals surface area contributed by atoms with Crippen LogP contribution in [0.1, 0.15) is 24.1 Å². The van der Waals surface area contributed by atoms with Gasteiger partial charge in [0, 0.05) is 62.5 Å². The molecule has 0 aliphatic carbocycles. The van der Waals surface area contributed by atoms with Gasteiger partial charge in [0.2, 0.25) is 5.91 Å². The Balaban J connectivity index is 1.68. The summed E-state index contributed by atoms with van der Waals surface area (Å²) in [4.78, 5) is 27.4. The second kappa shape index (κ2) is 7.37. The standard InChI is InChI=1S/C19H24N6O/c1-25-12-14(4-5-17(25)26)22-19-15-6-9-20-10-7-16(15)23-18(24-19)13-3-2-8-21-11-13/h2-3,8,11,14,20H,4-7,9-10,12H2,1H3,(H,22,23,24). The molecule has 4 heterocycles. The summed E-state index contributed by atoms with van der Waals surface area (Å²) in [6.07, 6.45) is 6.77. The first-order valence-corrected chi connectivity index (χ1v) is 9.22. The fourth-order valence-corrected chi connectivity index (χ4v) is 3.61. The Bertz CT molecular complexity index is 794. The number of piperidine rings is 1. The molecule has 2 aromatic rings. The van der Waals surface area contributed by atoms with E-state index < -0.39 is 0 Å². The van der Waals surface area contributed by atoms with Gasteiger partial charge in [-0.3, -0.25) is 9.78 Å². The fourth-order valence-electron chi connectivity index (χ4n) is 3.61. The van der Waals surface area contributed by atoms with Gasteiger partial charge in [-0.15, -0.1) is 0 Å². The summed E-state index contributed by atoms with van der Waals surface area (Å²) in [6, 6.07) is 4.11. The van der Waals surface area contributed by atoms with Crippen LogP contribution in [0.15, 0.2) is 24.5 Å². The highest BCUT2D eigenvalue weighted by molar-refractivity contribution is 5.77. The Morgan fingerprint density at radius 1 is 1.23 bits per heavy atom. The molecule has 0 aromatic carbocycles. The van der Waals surface area contributed by atoms with Crippen molar-refractivity contribution >= 4 is 11.7 Å². The quantitative estimate of drug-likeness (QED) is 0.865. The molecule has 4 rings (SSSR count). The van der Waals surface area contributed by atoms with Gasteiger partial charge in [-0.05, 0) is 31.5 Å². The van der Waals surface area contributed by atoms with Crippen LogP contribution in [-0.4, -0.2) is 58.5 Å². The number of likely N-dealkylation sites (tertiary alicyclic amines) is 1. The number of aromatic nitrogens is 3. The van der Waals surface area contributed by atoms with Crippen LogP contribution in [0.25, 0.3) is 11.4 Å². The van der Waals surface area contributed by atoms with Gasteiger partial charge in [0.1, 0.15) is 5.82 Å². The molecular weight excluding hydrogens is 328 g/mol. The highest BCUT2D eigenvalue weighted by Gasteiger charge is 2.25. The van der Waals surface area contributed by atoms with E-state index in [2.05, 4.69) is 15.6 Å². The molecule has 2 aromatic heterocycles. The average Bonchev–Trinajstić information content (AvgIpc) is 2.91. The number of nitrogens with one attached hydrogen (secondary N) is 2. The molecule has 2 N–H and O–H groups in total. The summed E-state index contributed by atoms with van der Waals surface area (Å²) in [5.74, 6) is 1.83. The Kier molecular flexibility index (Phi) is 4.79. The van der Waals surface area contributed by atoms with Crippen molar-refractivity contribution in [2.24, 2.45) is 0 Å². The summed E-state index contributed by atoms with van der Waals surface area (Å²) in [5, 5.41) is 7.04. The van der Waals surface area contributed by atoms with Gasteiger partial charge < -0.3 is 15.5 Å². The van der Waals surface area contributed by atoms with Gasteiger partial charge in [0.05, 0.1) is 5.69 Å². The van der Waals surface area contributed by atoms with Crippen LogP contribution in [0, 0.1) is 0 Å². The molecule has 0 bridgehead atoms. The first-order chi connectivity index (χ1) is 12.7. The molecule has 0 saturated carbocycles. The Morgan fingerprint density at radius 2 is 2.12 bits per heavy atom. The Labute approximate surface area is 153 Å². The van der Waals surface area contributed by atoms with E-state index in [4.69, 9.17) is 9.97 Å². The smallest absolute Gasteiger partial charge is 0.222 e. The van der Waals surface area contributed by atoms with Crippen LogP contribution < -0.4 is 10.6 Å². The molecule has 7 nitrogen and oxygen atoms in total. The van der Waals surface area contributed by atoms with Crippen molar-refractivity contribution in [3.8, 4) is 11.4 Å². The largest absolute Gasteiger partial charge is 0.365 e. The molecule has 2 aliphatic rings. The van der Waals surface area contributed by atoms with E-state index in [1.807, 2.05) is 19.2 Å². The van der Waals surface area contributed by atoms with Gasteiger partial charge in [-0.1, -0.05) is 0 Å².